The van der Waals surface area contributed by atoms with Crippen LogP contribution >= 0.6 is 22.7 Å². The van der Waals surface area contributed by atoms with E-state index in [0.29, 0.717) is 6.54 Å². The van der Waals surface area contributed by atoms with Gasteiger partial charge in [0, 0.05) is 28.7 Å². The first-order chi connectivity index (χ1) is 8.92. The molecule has 3 aromatic rings. The molecule has 4 nitrogen and oxygen atoms in total. The highest BCUT2D eigenvalue weighted by molar-refractivity contribution is 7.14. The predicted octanol–water partition coefficient (Wildman–Crippen LogP) is 3.27. The zero-order chi connectivity index (χ0) is 12.2. The van der Waals surface area contributed by atoms with E-state index in [2.05, 4.69) is 42.5 Å². The Morgan fingerprint density at radius 1 is 1.22 bits per heavy atom. The maximum absolute atomic E-state index is 4.58. The molecule has 0 aliphatic rings. The van der Waals surface area contributed by atoms with Crippen LogP contribution in [0.1, 0.15) is 5.69 Å². The minimum absolute atomic E-state index is 0.666. The van der Waals surface area contributed by atoms with Gasteiger partial charge in [-0.2, -0.15) is 11.3 Å². The van der Waals surface area contributed by atoms with Gasteiger partial charge >= 0.3 is 0 Å². The third-order valence-corrected chi connectivity index (χ3v) is 3.96. The molecule has 0 fully saturated rings. The monoisotopic (exact) mass is 274 g/mol. The molecule has 0 saturated carbocycles. The van der Waals surface area contributed by atoms with Crippen LogP contribution in [0.4, 0.5) is 5.82 Å². The van der Waals surface area contributed by atoms with E-state index < -0.39 is 0 Å². The highest BCUT2D eigenvalue weighted by Gasteiger charge is 2.04. The van der Waals surface area contributed by atoms with E-state index in [1.807, 2.05) is 0 Å². The van der Waals surface area contributed by atoms with E-state index in [1.54, 1.807) is 41.3 Å². The van der Waals surface area contributed by atoms with Gasteiger partial charge in [0.2, 0.25) is 0 Å². The van der Waals surface area contributed by atoms with Gasteiger partial charge < -0.3 is 5.32 Å². The Hall–Kier alpha value is -1.79. The molecule has 3 aromatic heterocycles. The van der Waals surface area contributed by atoms with Crippen molar-refractivity contribution >= 4 is 28.5 Å². The Bertz CT molecular complexity index is 604. The van der Waals surface area contributed by atoms with Crippen LogP contribution in [0.3, 0.4) is 0 Å². The van der Waals surface area contributed by atoms with Crippen molar-refractivity contribution in [2.24, 2.45) is 0 Å². The first-order valence-electron chi connectivity index (χ1n) is 5.39. The lowest BCUT2D eigenvalue weighted by molar-refractivity contribution is 1.04. The molecule has 0 aliphatic heterocycles. The fourth-order valence-electron chi connectivity index (χ4n) is 1.48. The Balaban J connectivity index is 1.68. The van der Waals surface area contributed by atoms with Gasteiger partial charge in [0.25, 0.3) is 0 Å². The summed E-state index contributed by atoms with van der Waals surface area (Å²) in [4.78, 5) is 12.7. The predicted molar refractivity (Wildman–Crippen MR) is 74.8 cm³/mol. The summed E-state index contributed by atoms with van der Waals surface area (Å²) in [5.74, 6) is 0.766. The van der Waals surface area contributed by atoms with Crippen molar-refractivity contribution in [3.63, 3.8) is 0 Å². The topological polar surface area (TPSA) is 50.7 Å². The molecule has 18 heavy (non-hydrogen) atoms. The SMILES string of the molecule is c1cnc(NCc2csc(-c3ccsc3)n2)cn1. The average Bonchev–Trinajstić information content (AvgIpc) is 3.08. The van der Waals surface area contributed by atoms with E-state index in [9.17, 15) is 0 Å². The zero-order valence-corrected chi connectivity index (χ0v) is 11.0. The molecule has 0 unspecified atom stereocenters. The number of thiophene rings is 1. The number of aromatic nitrogens is 3. The quantitative estimate of drug-likeness (QED) is 0.793. The van der Waals surface area contributed by atoms with E-state index in [4.69, 9.17) is 0 Å². The first kappa shape index (κ1) is 11.3. The molecule has 0 aromatic carbocycles. The second kappa shape index (κ2) is 5.24. The standard InChI is InChI=1S/C12H10N4S2/c1-4-17-7-9(1)12-16-10(8-18-12)5-15-11-6-13-2-3-14-11/h1-4,6-8H,5H2,(H,14,15). The Morgan fingerprint density at radius 3 is 3.00 bits per heavy atom. The van der Waals surface area contributed by atoms with Gasteiger partial charge in [-0.15, -0.1) is 11.3 Å². The maximum atomic E-state index is 4.58. The minimum Gasteiger partial charge on any atom is -0.363 e. The van der Waals surface area contributed by atoms with Crippen molar-refractivity contribution in [2.45, 2.75) is 6.54 Å². The molecule has 0 atom stereocenters. The van der Waals surface area contributed by atoms with Crippen LogP contribution < -0.4 is 5.32 Å². The lowest BCUT2D eigenvalue weighted by Gasteiger charge is -2.01. The van der Waals surface area contributed by atoms with Crippen molar-refractivity contribution in [2.75, 3.05) is 5.32 Å². The van der Waals surface area contributed by atoms with Crippen LogP contribution in [0.2, 0.25) is 0 Å². The fraction of sp³-hybridized carbons (Fsp3) is 0.0833. The van der Waals surface area contributed by atoms with Crippen molar-refractivity contribution in [3.8, 4) is 10.6 Å². The van der Waals surface area contributed by atoms with E-state index in [1.165, 1.54) is 5.56 Å². The Kier molecular flexibility index (Phi) is 3.29. The number of nitrogens with zero attached hydrogens (tertiary/aromatic N) is 3. The van der Waals surface area contributed by atoms with Crippen LogP contribution in [0, 0.1) is 0 Å². The fourth-order valence-corrected chi connectivity index (χ4v) is 3.01. The average molecular weight is 274 g/mol. The lowest BCUT2D eigenvalue weighted by Crippen LogP contribution is -2.01. The molecule has 0 saturated heterocycles. The minimum atomic E-state index is 0.666. The Labute approximate surface area is 112 Å². The molecule has 90 valence electrons. The molecular weight excluding hydrogens is 264 g/mol. The number of hydrogen-bond acceptors (Lipinski definition) is 6. The van der Waals surface area contributed by atoms with Gasteiger partial charge in [-0.25, -0.2) is 9.97 Å². The van der Waals surface area contributed by atoms with E-state index >= 15 is 0 Å². The van der Waals surface area contributed by atoms with Crippen molar-refractivity contribution in [3.05, 3.63) is 46.5 Å². The number of nitrogens with one attached hydrogen (secondary N) is 1. The summed E-state index contributed by atoms with van der Waals surface area (Å²) in [5, 5.41) is 10.5. The maximum Gasteiger partial charge on any atom is 0.144 e. The molecule has 3 rings (SSSR count). The number of anilines is 1. The van der Waals surface area contributed by atoms with Gasteiger partial charge in [0.15, 0.2) is 0 Å². The van der Waals surface area contributed by atoms with Gasteiger partial charge in [0.1, 0.15) is 10.8 Å². The third-order valence-electron chi connectivity index (χ3n) is 2.33. The van der Waals surface area contributed by atoms with Gasteiger partial charge in [0.05, 0.1) is 18.4 Å². The summed E-state index contributed by atoms with van der Waals surface area (Å²) in [7, 11) is 0. The van der Waals surface area contributed by atoms with Gasteiger partial charge in [-0.1, -0.05) is 0 Å². The molecule has 0 radical (unpaired) electrons. The summed E-state index contributed by atoms with van der Waals surface area (Å²) >= 11 is 3.35. The van der Waals surface area contributed by atoms with Crippen LogP contribution in [0.15, 0.2) is 40.8 Å². The van der Waals surface area contributed by atoms with Gasteiger partial charge in [-0.3, -0.25) is 4.98 Å². The molecule has 3 heterocycles. The highest BCUT2D eigenvalue weighted by Crippen LogP contribution is 2.25. The summed E-state index contributed by atoms with van der Waals surface area (Å²) in [6.45, 7) is 0.666. The number of hydrogen-bond donors (Lipinski definition) is 1. The van der Waals surface area contributed by atoms with E-state index in [0.717, 1.165) is 16.5 Å². The Morgan fingerprint density at radius 2 is 2.22 bits per heavy atom. The zero-order valence-electron chi connectivity index (χ0n) is 9.41. The van der Waals surface area contributed by atoms with Crippen molar-refractivity contribution < 1.29 is 0 Å². The molecule has 0 amide bonds. The lowest BCUT2D eigenvalue weighted by atomic mass is 10.3. The second-order valence-corrected chi connectivity index (χ2v) is 5.24. The molecule has 6 heteroatoms. The summed E-state index contributed by atoms with van der Waals surface area (Å²) in [6, 6.07) is 2.09. The third kappa shape index (κ3) is 2.55. The van der Waals surface area contributed by atoms with Crippen molar-refractivity contribution in [1.29, 1.82) is 0 Å². The van der Waals surface area contributed by atoms with Crippen molar-refractivity contribution in [1.82, 2.24) is 15.0 Å². The summed E-state index contributed by atoms with van der Waals surface area (Å²) in [5.41, 5.74) is 2.21. The summed E-state index contributed by atoms with van der Waals surface area (Å²) in [6.07, 6.45) is 5.02. The highest BCUT2D eigenvalue weighted by atomic mass is 32.1. The smallest absolute Gasteiger partial charge is 0.144 e. The molecule has 0 spiro atoms. The van der Waals surface area contributed by atoms with E-state index in [-0.39, 0.29) is 0 Å². The number of thiazole rings is 1. The molecule has 1 N–H and O–H groups in total. The van der Waals surface area contributed by atoms with Crippen LogP contribution in [-0.2, 0) is 6.54 Å². The number of rotatable bonds is 4. The molecule has 0 aliphatic carbocycles. The van der Waals surface area contributed by atoms with Crippen LogP contribution in [0.5, 0.6) is 0 Å². The summed E-state index contributed by atoms with van der Waals surface area (Å²) < 4.78 is 0. The van der Waals surface area contributed by atoms with Crippen LogP contribution in [0.25, 0.3) is 10.6 Å². The molecular formula is C12H10N4S2. The molecule has 0 bridgehead atoms. The van der Waals surface area contributed by atoms with Gasteiger partial charge in [-0.05, 0) is 11.4 Å². The van der Waals surface area contributed by atoms with Crippen LogP contribution in [-0.4, -0.2) is 15.0 Å². The largest absolute Gasteiger partial charge is 0.363 e. The second-order valence-electron chi connectivity index (χ2n) is 3.60. The normalized spacial score (nSPS) is 10.4. The first-order valence-corrected chi connectivity index (χ1v) is 7.21.